The summed E-state index contributed by atoms with van der Waals surface area (Å²) in [4.78, 5) is 37.6. The Morgan fingerprint density at radius 2 is 1.23 bits per heavy atom. The Morgan fingerprint density at radius 3 is 1.58 bits per heavy atom. The van der Waals surface area contributed by atoms with Crippen molar-refractivity contribution in [3.8, 4) is 0 Å². The lowest BCUT2D eigenvalue weighted by molar-refractivity contribution is -0.118. The zero-order valence-corrected chi connectivity index (χ0v) is 20.0. The van der Waals surface area contributed by atoms with Gasteiger partial charge < -0.3 is 16.4 Å². The fraction of sp³-hybridized carbons (Fsp3) is 0.500. The van der Waals surface area contributed by atoms with Crippen molar-refractivity contribution in [2.24, 2.45) is 0 Å². The van der Waals surface area contributed by atoms with Crippen LogP contribution >= 0.6 is 22.7 Å². The third kappa shape index (κ3) is 5.48. The summed E-state index contributed by atoms with van der Waals surface area (Å²) in [6.45, 7) is 12.0. The minimum Gasteiger partial charge on any atom is -0.395 e. The van der Waals surface area contributed by atoms with E-state index in [9.17, 15) is 9.59 Å². The van der Waals surface area contributed by atoms with Crippen LogP contribution in [-0.2, 0) is 9.59 Å². The van der Waals surface area contributed by atoms with Crippen LogP contribution in [0, 0.1) is 0 Å². The number of amides is 2. The van der Waals surface area contributed by atoms with Crippen molar-refractivity contribution in [3.05, 3.63) is 6.07 Å². The van der Waals surface area contributed by atoms with E-state index in [-0.39, 0.29) is 11.8 Å². The van der Waals surface area contributed by atoms with E-state index in [1.165, 1.54) is 22.7 Å². The molecule has 4 N–H and O–H groups in total. The van der Waals surface area contributed by atoms with Gasteiger partial charge in [0.1, 0.15) is 11.0 Å². The summed E-state index contributed by atoms with van der Waals surface area (Å²) in [7, 11) is 0. The lowest BCUT2D eigenvalue weighted by Gasteiger charge is -2.16. The summed E-state index contributed by atoms with van der Waals surface area (Å²) in [5, 5.41) is 6.76. The lowest BCUT2D eigenvalue weighted by Crippen LogP contribution is -2.32. The average molecular weight is 464 g/mol. The van der Waals surface area contributed by atoms with Gasteiger partial charge in [0.2, 0.25) is 11.8 Å². The highest BCUT2D eigenvalue weighted by molar-refractivity contribution is 7.24. The second-order valence-corrected chi connectivity index (χ2v) is 9.10. The Kier molecular flexibility index (Phi) is 7.76. The maximum absolute atomic E-state index is 12.3. The summed E-state index contributed by atoms with van der Waals surface area (Å²) in [5.74, 6) is -0.195. The third-order valence-corrected chi connectivity index (χ3v) is 6.93. The van der Waals surface area contributed by atoms with Crippen molar-refractivity contribution in [1.29, 1.82) is 0 Å². The second-order valence-electron chi connectivity index (χ2n) is 7.04. The second kappa shape index (κ2) is 10.3. The average Bonchev–Trinajstić information content (AvgIpc) is 3.33. The van der Waals surface area contributed by atoms with Crippen molar-refractivity contribution in [3.63, 3.8) is 0 Å². The molecule has 2 heterocycles. The van der Waals surface area contributed by atoms with Gasteiger partial charge in [0.15, 0.2) is 10.3 Å². The first-order valence-electron chi connectivity index (χ1n) is 10.4. The lowest BCUT2D eigenvalue weighted by atomic mass is 10.2. The number of hydrogen-bond donors (Lipinski definition) is 3. The van der Waals surface area contributed by atoms with Crippen LogP contribution in [-0.4, -0.2) is 70.9 Å². The molecule has 168 valence electrons. The normalized spacial score (nSPS) is 11.7. The monoisotopic (exact) mass is 463 g/mol. The molecule has 11 heteroatoms. The molecule has 3 rings (SSSR count). The van der Waals surface area contributed by atoms with E-state index < -0.39 is 0 Å². The highest BCUT2D eigenvalue weighted by Crippen LogP contribution is 2.38. The van der Waals surface area contributed by atoms with E-state index in [0.717, 1.165) is 35.6 Å². The number of carbonyl (C=O) groups excluding carboxylic acids is 2. The molecule has 0 aliphatic heterocycles. The molecule has 0 radical (unpaired) electrons. The Balaban J connectivity index is 1.78. The molecule has 9 nitrogen and oxygen atoms in total. The van der Waals surface area contributed by atoms with Gasteiger partial charge in [0.05, 0.1) is 28.2 Å². The Labute approximate surface area is 189 Å². The quantitative estimate of drug-likeness (QED) is 0.396. The number of anilines is 3. The zero-order valence-electron chi connectivity index (χ0n) is 18.3. The summed E-state index contributed by atoms with van der Waals surface area (Å²) in [6, 6.07) is 1.95. The van der Waals surface area contributed by atoms with Gasteiger partial charge in [-0.1, -0.05) is 50.4 Å². The number of nitrogens with zero attached hydrogens (tertiary/aromatic N) is 4. The third-order valence-electron chi connectivity index (χ3n) is 5.10. The van der Waals surface area contributed by atoms with E-state index in [0.29, 0.717) is 40.1 Å². The highest BCUT2D eigenvalue weighted by Gasteiger charge is 2.17. The number of carbonyl (C=O) groups is 2. The highest BCUT2D eigenvalue weighted by atomic mass is 32.1. The Hall–Kier alpha value is -2.34. The van der Waals surface area contributed by atoms with E-state index in [2.05, 4.69) is 20.6 Å². The largest absolute Gasteiger partial charge is 0.395 e. The van der Waals surface area contributed by atoms with Gasteiger partial charge in [-0.3, -0.25) is 19.4 Å². The maximum atomic E-state index is 12.3. The minimum absolute atomic E-state index is 0.0977. The molecule has 2 aromatic heterocycles. The number of nitrogens with two attached hydrogens (primary N) is 1. The van der Waals surface area contributed by atoms with E-state index in [1.807, 2.05) is 43.6 Å². The SMILES string of the molecule is CCN(CC)CC(=O)Nc1nc2c(N)c3nc(NC(=O)CN(CC)CC)sc3cc2s1. The van der Waals surface area contributed by atoms with E-state index in [1.54, 1.807) is 0 Å². The van der Waals surface area contributed by atoms with Gasteiger partial charge in [0.25, 0.3) is 0 Å². The van der Waals surface area contributed by atoms with Crippen molar-refractivity contribution < 1.29 is 9.59 Å². The van der Waals surface area contributed by atoms with E-state index in [4.69, 9.17) is 5.73 Å². The summed E-state index contributed by atoms with van der Waals surface area (Å²) >= 11 is 2.76. The van der Waals surface area contributed by atoms with Crippen LogP contribution in [0.15, 0.2) is 6.07 Å². The predicted molar refractivity (Wildman–Crippen MR) is 130 cm³/mol. The van der Waals surface area contributed by atoms with Crippen LogP contribution in [0.3, 0.4) is 0 Å². The number of nitrogen functional groups attached to an aromatic ring is 1. The number of hydrogen-bond acceptors (Lipinski definition) is 9. The van der Waals surface area contributed by atoms with Crippen LogP contribution in [0.2, 0.25) is 0 Å². The molecule has 0 saturated heterocycles. The number of fused-ring (bicyclic) bond motifs is 2. The summed E-state index contributed by atoms with van der Waals surface area (Å²) in [5.41, 5.74) is 8.02. The first kappa shape index (κ1) is 23.3. The topological polar surface area (TPSA) is 116 Å². The predicted octanol–water partition coefficient (Wildman–Crippen LogP) is 3.05. The number of nitrogens with one attached hydrogen (secondary N) is 2. The van der Waals surface area contributed by atoms with Gasteiger partial charge in [-0.15, -0.1) is 0 Å². The molecule has 0 unspecified atom stereocenters. The fourth-order valence-electron chi connectivity index (χ4n) is 3.20. The molecule has 0 spiro atoms. The van der Waals surface area contributed by atoms with Crippen LogP contribution in [0.25, 0.3) is 20.4 Å². The summed E-state index contributed by atoms with van der Waals surface area (Å²) in [6.07, 6.45) is 0. The molecule has 0 atom stereocenters. The zero-order chi connectivity index (χ0) is 22.5. The molecule has 31 heavy (non-hydrogen) atoms. The van der Waals surface area contributed by atoms with Gasteiger partial charge in [-0.2, -0.15) is 0 Å². The molecule has 0 saturated carbocycles. The van der Waals surface area contributed by atoms with Crippen molar-refractivity contribution in [1.82, 2.24) is 19.8 Å². The van der Waals surface area contributed by atoms with Crippen LogP contribution < -0.4 is 16.4 Å². The van der Waals surface area contributed by atoms with Gasteiger partial charge >= 0.3 is 0 Å². The van der Waals surface area contributed by atoms with Crippen LogP contribution in [0.5, 0.6) is 0 Å². The first-order valence-corrected chi connectivity index (χ1v) is 12.1. The van der Waals surface area contributed by atoms with Crippen molar-refractivity contribution in [2.45, 2.75) is 27.7 Å². The van der Waals surface area contributed by atoms with Crippen LogP contribution in [0.4, 0.5) is 16.0 Å². The van der Waals surface area contributed by atoms with Gasteiger partial charge in [-0.25, -0.2) is 9.97 Å². The van der Waals surface area contributed by atoms with Crippen molar-refractivity contribution >= 4 is 70.9 Å². The molecule has 0 aliphatic carbocycles. The Morgan fingerprint density at radius 1 is 0.839 bits per heavy atom. The molecular weight excluding hydrogens is 434 g/mol. The Bertz CT molecular complexity index is 990. The fourth-order valence-corrected chi connectivity index (χ4v) is 5.15. The van der Waals surface area contributed by atoms with Gasteiger partial charge in [-0.05, 0) is 32.2 Å². The first-order chi connectivity index (χ1) is 14.9. The van der Waals surface area contributed by atoms with E-state index >= 15 is 0 Å². The standard InChI is InChI=1S/C20H29N7O2S2/c1-5-26(6-2)10-14(28)22-19-24-17-12(30-19)9-13-18(16(17)21)25-20(31-13)23-15(29)11-27(7-3)8-4/h9H,5-8,10-11,21H2,1-4H3,(H,22,24,28)(H,23,25,29). The maximum Gasteiger partial charge on any atom is 0.240 e. The molecular formula is C20H29N7O2S2. The number of benzene rings is 1. The smallest absolute Gasteiger partial charge is 0.240 e. The molecule has 2 amide bonds. The molecule has 3 aromatic rings. The molecule has 0 fully saturated rings. The molecule has 0 bridgehead atoms. The number of likely N-dealkylation sites (N-methyl/N-ethyl adjacent to an activating group) is 2. The number of aromatic nitrogens is 2. The number of thiazole rings is 2. The minimum atomic E-state index is -0.0977. The van der Waals surface area contributed by atoms with Gasteiger partial charge in [0, 0.05) is 0 Å². The molecule has 0 aliphatic rings. The summed E-state index contributed by atoms with van der Waals surface area (Å²) < 4.78 is 1.74. The van der Waals surface area contributed by atoms with Crippen LogP contribution in [0.1, 0.15) is 27.7 Å². The number of rotatable bonds is 10. The molecule has 1 aromatic carbocycles. The van der Waals surface area contributed by atoms with Crippen molar-refractivity contribution in [2.75, 3.05) is 55.6 Å².